The first-order valence-electron chi connectivity index (χ1n) is 6.04. The van der Waals surface area contributed by atoms with Gasteiger partial charge in [0.1, 0.15) is 0 Å². The molecule has 2 rings (SSSR count). The van der Waals surface area contributed by atoms with Gasteiger partial charge in [0.05, 0.1) is 5.92 Å². The van der Waals surface area contributed by atoms with Crippen LogP contribution < -0.4 is 5.73 Å². The number of benzene rings is 1. The summed E-state index contributed by atoms with van der Waals surface area (Å²) < 4.78 is 0. The number of aliphatic carboxylic acids is 1. The zero-order valence-electron chi connectivity index (χ0n) is 10.1. The number of hydrogen-bond acceptors (Lipinski definition) is 3. The van der Waals surface area contributed by atoms with Crippen molar-refractivity contribution in [1.29, 1.82) is 0 Å². The van der Waals surface area contributed by atoms with Crippen LogP contribution in [0.5, 0.6) is 0 Å². The quantitative estimate of drug-likeness (QED) is 0.873. The highest BCUT2D eigenvalue weighted by Crippen LogP contribution is 2.27. The van der Waals surface area contributed by atoms with Crippen LogP contribution in [0.2, 0.25) is 5.02 Å². The molecule has 1 heterocycles. The number of likely N-dealkylation sites (tertiary alicyclic amines) is 1. The number of nitrogens with zero attached hydrogens (tertiary/aromatic N) is 1. The average molecular weight is 269 g/mol. The lowest BCUT2D eigenvalue weighted by molar-refractivity contribution is -0.141. The maximum absolute atomic E-state index is 11.0. The lowest BCUT2D eigenvalue weighted by Crippen LogP contribution is -2.32. The fraction of sp³-hybridized carbons (Fsp3) is 0.462. The summed E-state index contributed by atoms with van der Waals surface area (Å²) in [6.07, 6.45) is 0.694. The molecule has 98 valence electrons. The van der Waals surface area contributed by atoms with E-state index >= 15 is 0 Å². The molecule has 0 spiro atoms. The van der Waals surface area contributed by atoms with E-state index in [1.165, 1.54) is 0 Å². The number of halogens is 1. The van der Waals surface area contributed by atoms with Crippen LogP contribution in [-0.2, 0) is 4.79 Å². The molecule has 1 aromatic rings. The summed E-state index contributed by atoms with van der Waals surface area (Å²) in [5, 5.41) is 9.71. The van der Waals surface area contributed by atoms with E-state index in [9.17, 15) is 4.79 Å². The Morgan fingerprint density at radius 1 is 1.50 bits per heavy atom. The van der Waals surface area contributed by atoms with Gasteiger partial charge in [-0.05, 0) is 30.7 Å². The first-order valence-corrected chi connectivity index (χ1v) is 6.42. The van der Waals surface area contributed by atoms with Gasteiger partial charge in [-0.3, -0.25) is 9.69 Å². The van der Waals surface area contributed by atoms with Gasteiger partial charge in [0, 0.05) is 24.2 Å². The van der Waals surface area contributed by atoms with Crippen LogP contribution in [0.25, 0.3) is 0 Å². The highest BCUT2D eigenvalue weighted by Gasteiger charge is 2.32. The van der Waals surface area contributed by atoms with Gasteiger partial charge < -0.3 is 10.8 Å². The van der Waals surface area contributed by atoms with Gasteiger partial charge in [-0.25, -0.2) is 0 Å². The molecule has 2 atom stereocenters. The van der Waals surface area contributed by atoms with Crippen LogP contribution in [0, 0.1) is 5.92 Å². The summed E-state index contributed by atoms with van der Waals surface area (Å²) >= 11 is 5.86. The van der Waals surface area contributed by atoms with Crippen molar-refractivity contribution in [3.8, 4) is 0 Å². The Bertz CT molecular complexity index is 422. The van der Waals surface area contributed by atoms with Crippen molar-refractivity contribution in [3.63, 3.8) is 0 Å². The monoisotopic (exact) mass is 268 g/mol. The van der Waals surface area contributed by atoms with Crippen LogP contribution >= 0.6 is 11.6 Å². The Labute approximate surface area is 111 Å². The maximum atomic E-state index is 11.0. The van der Waals surface area contributed by atoms with Crippen LogP contribution in [0.3, 0.4) is 0 Å². The minimum Gasteiger partial charge on any atom is -0.481 e. The molecule has 1 fully saturated rings. The van der Waals surface area contributed by atoms with E-state index in [1.807, 2.05) is 24.3 Å². The van der Waals surface area contributed by atoms with Gasteiger partial charge in [0.2, 0.25) is 0 Å². The van der Waals surface area contributed by atoms with Crippen LogP contribution in [0.1, 0.15) is 18.0 Å². The third-order valence-corrected chi connectivity index (χ3v) is 3.74. The van der Waals surface area contributed by atoms with E-state index in [0.29, 0.717) is 24.5 Å². The maximum Gasteiger partial charge on any atom is 0.307 e. The van der Waals surface area contributed by atoms with Crippen molar-refractivity contribution in [3.05, 3.63) is 34.9 Å². The number of carboxylic acids is 1. The Morgan fingerprint density at radius 2 is 2.17 bits per heavy atom. The Morgan fingerprint density at radius 3 is 2.67 bits per heavy atom. The SMILES string of the molecule is NC[C@H](c1ccc(Cl)cc1)N1CC[C@H](C(=O)O)C1. The normalized spacial score (nSPS) is 22.0. The minimum absolute atomic E-state index is 0.0756. The van der Waals surface area contributed by atoms with Gasteiger partial charge in [-0.2, -0.15) is 0 Å². The lowest BCUT2D eigenvalue weighted by atomic mass is 10.1. The molecule has 1 aliphatic rings. The molecule has 0 radical (unpaired) electrons. The third kappa shape index (κ3) is 2.83. The number of rotatable bonds is 4. The van der Waals surface area contributed by atoms with Gasteiger partial charge in [-0.15, -0.1) is 0 Å². The Hall–Kier alpha value is -1.10. The van der Waals surface area contributed by atoms with Gasteiger partial charge in [-0.1, -0.05) is 23.7 Å². The van der Waals surface area contributed by atoms with Crippen molar-refractivity contribution in [2.75, 3.05) is 19.6 Å². The number of nitrogens with two attached hydrogens (primary N) is 1. The predicted molar refractivity (Wildman–Crippen MR) is 70.6 cm³/mol. The summed E-state index contributed by atoms with van der Waals surface area (Å²) in [6, 6.07) is 7.66. The molecule has 0 amide bonds. The molecule has 1 aliphatic heterocycles. The zero-order valence-corrected chi connectivity index (χ0v) is 10.8. The predicted octanol–water partition coefficient (Wildman–Crippen LogP) is 1.75. The number of hydrogen-bond donors (Lipinski definition) is 2. The van der Waals surface area contributed by atoms with Crippen molar-refractivity contribution in [2.24, 2.45) is 11.7 Å². The highest BCUT2D eigenvalue weighted by atomic mass is 35.5. The molecule has 18 heavy (non-hydrogen) atoms. The van der Waals surface area contributed by atoms with E-state index in [2.05, 4.69) is 4.90 Å². The summed E-state index contributed by atoms with van der Waals surface area (Å²) in [6.45, 7) is 1.83. The molecule has 5 heteroatoms. The van der Waals surface area contributed by atoms with Crippen LogP contribution in [0.15, 0.2) is 24.3 Å². The van der Waals surface area contributed by atoms with Crippen molar-refractivity contribution >= 4 is 17.6 Å². The smallest absolute Gasteiger partial charge is 0.307 e. The molecule has 1 saturated heterocycles. The number of carboxylic acid groups (broad SMARTS) is 1. The van der Waals surface area contributed by atoms with E-state index in [-0.39, 0.29) is 12.0 Å². The second kappa shape index (κ2) is 5.69. The first-order chi connectivity index (χ1) is 8.61. The van der Waals surface area contributed by atoms with Crippen LogP contribution in [-0.4, -0.2) is 35.6 Å². The second-order valence-corrected chi connectivity index (χ2v) is 5.06. The molecular weight excluding hydrogens is 252 g/mol. The summed E-state index contributed by atoms with van der Waals surface area (Å²) in [5.41, 5.74) is 6.91. The van der Waals surface area contributed by atoms with Gasteiger partial charge in [0.25, 0.3) is 0 Å². The largest absolute Gasteiger partial charge is 0.481 e. The Balaban J connectivity index is 2.10. The average Bonchev–Trinajstić information content (AvgIpc) is 2.82. The standard InChI is InChI=1S/C13H17ClN2O2/c14-11-3-1-9(2-4-11)12(7-15)16-6-5-10(8-16)13(17)18/h1-4,10,12H,5-8,15H2,(H,17,18)/t10-,12+/m0/s1. The fourth-order valence-corrected chi connectivity index (χ4v) is 2.58. The highest BCUT2D eigenvalue weighted by molar-refractivity contribution is 6.30. The van der Waals surface area contributed by atoms with E-state index < -0.39 is 5.97 Å². The zero-order chi connectivity index (χ0) is 13.1. The third-order valence-electron chi connectivity index (χ3n) is 3.49. The van der Waals surface area contributed by atoms with Gasteiger partial charge >= 0.3 is 5.97 Å². The van der Waals surface area contributed by atoms with Crippen molar-refractivity contribution in [2.45, 2.75) is 12.5 Å². The molecule has 0 aromatic heterocycles. The summed E-state index contributed by atoms with van der Waals surface area (Å²) in [5.74, 6) is -0.990. The minimum atomic E-state index is -0.718. The summed E-state index contributed by atoms with van der Waals surface area (Å²) in [4.78, 5) is 13.1. The molecule has 0 unspecified atom stereocenters. The molecule has 0 bridgehead atoms. The molecule has 3 N–H and O–H groups in total. The van der Waals surface area contributed by atoms with Gasteiger partial charge in [0.15, 0.2) is 0 Å². The van der Waals surface area contributed by atoms with E-state index in [4.69, 9.17) is 22.4 Å². The van der Waals surface area contributed by atoms with E-state index in [0.717, 1.165) is 12.1 Å². The topological polar surface area (TPSA) is 66.6 Å². The fourth-order valence-electron chi connectivity index (χ4n) is 2.45. The molecular formula is C13H17ClN2O2. The van der Waals surface area contributed by atoms with Crippen molar-refractivity contribution in [1.82, 2.24) is 4.90 Å². The Kier molecular flexibility index (Phi) is 4.22. The molecule has 1 aromatic carbocycles. The van der Waals surface area contributed by atoms with Crippen LogP contribution in [0.4, 0.5) is 0 Å². The van der Waals surface area contributed by atoms with E-state index in [1.54, 1.807) is 0 Å². The van der Waals surface area contributed by atoms with Crippen molar-refractivity contribution < 1.29 is 9.90 Å². The molecule has 4 nitrogen and oxygen atoms in total. The number of carbonyl (C=O) groups is 1. The second-order valence-electron chi connectivity index (χ2n) is 4.62. The molecule has 0 aliphatic carbocycles. The molecule has 0 saturated carbocycles. The first kappa shape index (κ1) is 13.3. The summed E-state index contributed by atoms with van der Waals surface area (Å²) in [7, 11) is 0. The lowest BCUT2D eigenvalue weighted by Gasteiger charge is -2.26.